The maximum atomic E-state index is 12.3. The van der Waals surface area contributed by atoms with Crippen LogP contribution in [0, 0.1) is 0 Å². The molecule has 0 unspecified atom stereocenters. The Morgan fingerprint density at radius 1 is 0.806 bits per heavy atom. The number of hydrogen-bond acceptors (Lipinski definition) is 4. The first-order chi connectivity index (χ1) is 15.3. The summed E-state index contributed by atoms with van der Waals surface area (Å²) in [6, 6.07) is 27.6. The van der Waals surface area contributed by atoms with Crippen LogP contribution in [0.1, 0.15) is 22.3 Å². The Labute approximate surface area is 184 Å². The average Bonchev–Trinajstić information content (AvgIpc) is 3.04. The van der Waals surface area contributed by atoms with E-state index in [1.165, 1.54) is 5.56 Å². The molecule has 0 amide bonds. The number of carbonyl (C=O) groups excluding carboxylic acids is 1. The first kappa shape index (κ1) is 20.9. The quantitative estimate of drug-likeness (QED) is 0.385. The van der Waals surface area contributed by atoms with Crippen molar-refractivity contribution in [3.05, 3.63) is 108 Å². The van der Waals surface area contributed by atoms with Crippen LogP contribution in [0.25, 0.3) is 0 Å². The van der Waals surface area contributed by atoms with E-state index in [0.29, 0.717) is 0 Å². The summed E-state index contributed by atoms with van der Waals surface area (Å²) in [7, 11) is 0. The second kappa shape index (κ2) is 10.6. The Bertz CT molecular complexity index is 1000. The predicted octanol–water partition coefficient (Wildman–Crippen LogP) is 5.38. The second-order valence-electron chi connectivity index (χ2n) is 7.77. The van der Waals surface area contributed by atoms with Crippen molar-refractivity contribution in [2.24, 2.45) is 0 Å². The lowest BCUT2D eigenvalue weighted by Gasteiger charge is -2.21. The van der Waals surface area contributed by atoms with Crippen molar-refractivity contribution in [3.63, 3.8) is 0 Å². The summed E-state index contributed by atoms with van der Waals surface area (Å²) in [5, 5.41) is 0. The highest BCUT2D eigenvalue weighted by atomic mass is 16.5. The van der Waals surface area contributed by atoms with Gasteiger partial charge in [0.05, 0.1) is 0 Å². The van der Waals surface area contributed by atoms with Gasteiger partial charge in [-0.15, -0.1) is 0 Å². The minimum atomic E-state index is 0.0527. The fourth-order valence-corrected chi connectivity index (χ4v) is 3.76. The number of ether oxygens (including phenoxy) is 1. The van der Waals surface area contributed by atoms with E-state index in [9.17, 15) is 4.79 Å². The Hall–Kier alpha value is -3.37. The molecule has 3 aromatic carbocycles. The molecule has 4 rings (SSSR count). The highest BCUT2D eigenvalue weighted by Gasteiger charge is 2.13. The van der Waals surface area contributed by atoms with Gasteiger partial charge in [-0.05, 0) is 36.2 Å². The van der Waals surface area contributed by atoms with E-state index in [-0.39, 0.29) is 5.78 Å². The van der Waals surface area contributed by atoms with E-state index in [1.54, 1.807) is 6.08 Å². The Kier molecular flexibility index (Phi) is 7.14. The molecule has 158 valence electrons. The standard InChI is InChI=1S/C27H28N2O2/c30-27(24-10-3-1-4-11-24)15-18-28-16-8-17-29(20-19-28)22-23-9-7-14-26(21-23)31-25-12-5-2-6-13-25/h1-7,9-15,18,21H,8,16-17,19-20,22H2. The molecule has 4 nitrogen and oxygen atoms in total. The molecule has 0 N–H and O–H groups in total. The lowest BCUT2D eigenvalue weighted by atomic mass is 10.1. The number of para-hydroxylation sites is 1. The van der Waals surface area contributed by atoms with Gasteiger partial charge in [0.25, 0.3) is 0 Å². The number of hydrogen-bond donors (Lipinski definition) is 0. The third-order valence-corrected chi connectivity index (χ3v) is 5.40. The van der Waals surface area contributed by atoms with E-state index in [1.807, 2.05) is 72.9 Å². The monoisotopic (exact) mass is 412 g/mol. The minimum Gasteiger partial charge on any atom is -0.457 e. The summed E-state index contributed by atoms with van der Waals surface area (Å²) in [6.07, 6.45) is 4.71. The molecule has 1 fully saturated rings. The lowest BCUT2D eigenvalue weighted by Crippen LogP contribution is -2.28. The van der Waals surface area contributed by atoms with Crippen LogP contribution >= 0.6 is 0 Å². The smallest absolute Gasteiger partial charge is 0.187 e. The van der Waals surface area contributed by atoms with Gasteiger partial charge >= 0.3 is 0 Å². The summed E-state index contributed by atoms with van der Waals surface area (Å²) < 4.78 is 5.97. The van der Waals surface area contributed by atoms with Gasteiger partial charge in [0.1, 0.15) is 11.5 Å². The zero-order chi connectivity index (χ0) is 21.3. The minimum absolute atomic E-state index is 0.0527. The van der Waals surface area contributed by atoms with E-state index in [2.05, 4.69) is 28.0 Å². The third-order valence-electron chi connectivity index (χ3n) is 5.40. The molecule has 0 spiro atoms. The normalized spacial score (nSPS) is 15.0. The van der Waals surface area contributed by atoms with Crippen molar-refractivity contribution < 1.29 is 9.53 Å². The molecule has 3 aromatic rings. The number of rotatable bonds is 7. The first-order valence-electron chi connectivity index (χ1n) is 10.8. The molecule has 0 atom stereocenters. The highest BCUT2D eigenvalue weighted by Crippen LogP contribution is 2.22. The molecule has 0 saturated carbocycles. The van der Waals surface area contributed by atoms with Crippen LogP contribution < -0.4 is 4.74 Å². The van der Waals surface area contributed by atoms with Crippen LogP contribution in [0.4, 0.5) is 0 Å². The van der Waals surface area contributed by atoms with Gasteiger partial charge in [-0.1, -0.05) is 60.7 Å². The maximum Gasteiger partial charge on any atom is 0.187 e. The molecular formula is C27H28N2O2. The van der Waals surface area contributed by atoms with Gasteiger partial charge in [0.2, 0.25) is 0 Å². The van der Waals surface area contributed by atoms with Crippen LogP contribution in [0.2, 0.25) is 0 Å². The van der Waals surface area contributed by atoms with Crippen molar-refractivity contribution in [1.82, 2.24) is 9.80 Å². The molecule has 0 radical (unpaired) electrons. The van der Waals surface area contributed by atoms with Crippen LogP contribution in [-0.2, 0) is 6.54 Å². The van der Waals surface area contributed by atoms with Crippen molar-refractivity contribution in [1.29, 1.82) is 0 Å². The van der Waals surface area contributed by atoms with Gasteiger partial charge < -0.3 is 9.64 Å². The molecule has 1 aliphatic heterocycles. The molecule has 1 heterocycles. The number of carbonyl (C=O) groups is 1. The fraction of sp³-hybridized carbons (Fsp3) is 0.222. The molecule has 4 heteroatoms. The molecule has 0 aliphatic carbocycles. The summed E-state index contributed by atoms with van der Waals surface area (Å²) in [5.74, 6) is 1.77. The Morgan fingerprint density at radius 3 is 2.35 bits per heavy atom. The van der Waals surface area contributed by atoms with Gasteiger partial charge in [-0.2, -0.15) is 0 Å². The number of nitrogens with zero attached hydrogens (tertiary/aromatic N) is 2. The molecular weight excluding hydrogens is 384 g/mol. The largest absolute Gasteiger partial charge is 0.457 e. The van der Waals surface area contributed by atoms with Crippen LogP contribution in [-0.4, -0.2) is 41.8 Å². The second-order valence-corrected chi connectivity index (χ2v) is 7.77. The predicted molar refractivity (Wildman–Crippen MR) is 124 cm³/mol. The fourth-order valence-electron chi connectivity index (χ4n) is 3.76. The van der Waals surface area contributed by atoms with Crippen molar-refractivity contribution in [2.45, 2.75) is 13.0 Å². The van der Waals surface area contributed by atoms with Gasteiger partial charge in [-0.3, -0.25) is 9.69 Å². The number of benzene rings is 3. The highest BCUT2D eigenvalue weighted by molar-refractivity contribution is 6.04. The Morgan fingerprint density at radius 2 is 1.55 bits per heavy atom. The zero-order valence-electron chi connectivity index (χ0n) is 17.7. The molecule has 1 aliphatic rings. The average molecular weight is 413 g/mol. The van der Waals surface area contributed by atoms with Crippen molar-refractivity contribution in [3.8, 4) is 11.5 Å². The molecule has 31 heavy (non-hydrogen) atoms. The van der Waals surface area contributed by atoms with Crippen molar-refractivity contribution in [2.75, 3.05) is 26.2 Å². The number of ketones is 1. The van der Waals surface area contributed by atoms with Crippen molar-refractivity contribution >= 4 is 5.78 Å². The van der Waals surface area contributed by atoms with E-state index in [0.717, 1.165) is 56.2 Å². The summed E-state index contributed by atoms with van der Waals surface area (Å²) in [6.45, 7) is 4.78. The van der Waals surface area contributed by atoms with Crippen LogP contribution in [0.5, 0.6) is 11.5 Å². The van der Waals surface area contributed by atoms with Gasteiger partial charge in [-0.25, -0.2) is 0 Å². The zero-order valence-corrected chi connectivity index (χ0v) is 17.7. The summed E-state index contributed by atoms with van der Waals surface area (Å²) in [5.41, 5.74) is 1.98. The van der Waals surface area contributed by atoms with Crippen LogP contribution in [0.3, 0.4) is 0 Å². The summed E-state index contributed by atoms with van der Waals surface area (Å²) >= 11 is 0. The van der Waals surface area contributed by atoms with Gasteiger partial charge in [0.15, 0.2) is 5.78 Å². The molecule has 0 aromatic heterocycles. The topological polar surface area (TPSA) is 32.8 Å². The lowest BCUT2D eigenvalue weighted by molar-refractivity contribution is 0.104. The Balaban J connectivity index is 1.30. The van der Waals surface area contributed by atoms with Gasteiger partial charge in [0, 0.05) is 50.6 Å². The summed E-state index contributed by atoms with van der Waals surface area (Å²) in [4.78, 5) is 17.0. The third kappa shape index (κ3) is 6.30. The van der Waals surface area contributed by atoms with Crippen LogP contribution in [0.15, 0.2) is 97.2 Å². The van der Waals surface area contributed by atoms with E-state index < -0.39 is 0 Å². The molecule has 0 bridgehead atoms. The first-order valence-corrected chi connectivity index (χ1v) is 10.8. The van der Waals surface area contributed by atoms with E-state index >= 15 is 0 Å². The SMILES string of the molecule is O=C(C=CN1CCCN(Cc2cccc(Oc3ccccc3)c2)CC1)c1ccccc1. The van der Waals surface area contributed by atoms with E-state index in [4.69, 9.17) is 4.74 Å². The number of allylic oxidation sites excluding steroid dienone is 1. The molecule has 1 saturated heterocycles. The maximum absolute atomic E-state index is 12.3.